The molecule has 0 aromatic carbocycles. The fraction of sp³-hybridized carbons (Fsp3) is 1.00. The molecule has 1 unspecified atom stereocenters. The summed E-state index contributed by atoms with van der Waals surface area (Å²) in [6.45, 7) is 4.88. The fourth-order valence-corrected chi connectivity index (χ4v) is 0.421. The van der Waals surface area contributed by atoms with Gasteiger partial charge < -0.3 is 0 Å². The zero-order valence-electron chi connectivity index (χ0n) is 4.73. The van der Waals surface area contributed by atoms with E-state index in [1.807, 2.05) is 6.92 Å². The van der Waals surface area contributed by atoms with Crippen molar-refractivity contribution in [1.29, 1.82) is 0 Å². The monoisotopic (exact) mass is 102 g/mol. The molecule has 1 rings (SSSR count). The molecule has 42 valence electrons. The summed E-state index contributed by atoms with van der Waals surface area (Å²) in [5.41, 5.74) is 0.0417. The Balaban J connectivity index is 2.29. The van der Waals surface area contributed by atoms with Crippen molar-refractivity contribution in [3.8, 4) is 0 Å². The van der Waals surface area contributed by atoms with Crippen molar-refractivity contribution in [3.05, 3.63) is 0 Å². The lowest BCUT2D eigenvalue weighted by Crippen LogP contribution is -2.43. The first-order valence-electron chi connectivity index (χ1n) is 2.57. The molecule has 1 fully saturated rings. The maximum atomic E-state index is 4.77. The number of hydrogen-bond donors (Lipinski definition) is 0. The highest BCUT2D eigenvalue weighted by molar-refractivity contribution is 4.73. The minimum atomic E-state index is 0.0417. The first-order chi connectivity index (χ1) is 3.27. The molecule has 0 N–H and O–H groups in total. The minimum Gasteiger partial charge on any atom is -0.233 e. The van der Waals surface area contributed by atoms with Crippen LogP contribution in [0.3, 0.4) is 0 Å². The number of rotatable bonds is 1. The Bertz CT molecular complexity index is 61.0. The average molecular weight is 102 g/mol. The Kier molecular flexibility index (Phi) is 1.05. The van der Waals surface area contributed by atoms with Gasteiger partial charge in [0.05, 0.1) is 0 Å². The van der Waals surface area contributed by atoms with Crippen LogP contribution in [0.1, 0.15) is 20.3 Å². The van der Waals surface area contributed by atoms with Crippen LogP contribution in [0.15, 0.2) is 0 Å². The second-order valence-electron chi connectivity index (χ2n) is 2.15. The summed E-state index contributed by atoms with van der Waals surface area (Å²) in [6.07, 6.45) is 1.03. The maximum Gasteiger partial charge on any atom is 0.127 e. The van der Waals surface area contributed by atoms with E-state index in [2.05, 4.69) is 11.8 Å². The van der Waals surface area contributed by atoms with E-state index in [1.165, 1.54) is 0 Å². The largest absolute Gasteiger partial charge is 0.233 e. The van der Waals surface area contributed by atoms with Gasteiger partial charge in [0.1, 0.15) is 12.2 Å². The highest BCUT2D eigenvalue weighted by Gasteiger charge is 2.33. The third-order valence-electron chi connectivity index (χ3n) is 1.37. The molecule has 7 heavy (non-hydrogen) atoms. The Morgan fingerprint density at radius 3 is 2.29 bits per heavy atom. The Morgan fingerprint density at radius 2 is 2.29 bits per heavy atom. The molecule has 1 aliphatic heterocycles. The molecule has 0 aromatic rings. The van der Waals surface area contributed by atoms with Crippen LogP contribution in [0, 0.1) is 0 Å². The van der Waals surface area contributed by atoms with Crippen LogP contribution in [0.2, 0.25) is 0 Å². The van der Waals surface area contributed by atoms with E-state index >= 15 is 0 Å². The molecule has 1 aliphatic rings. The molecule has 0 saturated carbocycles. The molecule has 0 bridgehead atoms. The molecule has 0 aromatic heterocycles. The Hall–Kier alpha value is -0.0800. The van der Waals surface area contributed by atoms with Crippen molar-refractivity contribution in [1.82, 2.24) is 0 Å². The topological polar surface area (TPSA) is 18.5 Å². The zero-order valence-corrected chi connectivity index (χ0v) is 4.73. The van der Waals surface area contributed by atoms with Crippen LogP contribution in [0.25, 0.3) is 0 Å². The summed E-state index contributed by atoms with van der Waals surface area (Å²) in [6, 6.07) is 0. The lowest BCUT2D eigenvalue weighted by molar-refractivity contribution is -0.466. The number of hydrogen-bond acceptors (Lipinski definition) is 2. The van der Waals surface area contributed by atoms with Gasteiger partial charge in [0, 0.05) is 0 Å². The normalized spacial score (nSPS) is 40.3. The van der Waals surface area contributed by atoms with Gasteiger partial charge in [-0.15, -0.1) is 0 Å². The van der Waals surface area contributed by atoms with Crippen molar-refractivity contribution in [3.63, 3.8) is 0 Å². The van der Waals surface area contributed by atoms with Gasteiger partial charge in [-0.3, -0.25) is 0 Å². The Labute approximate surface area is 43.3 Å². The van der Waals surface area contributed by atoms with Gasteiger partial charge in [-0.2, -0.15) is 0 Å². The smallest absolute Gasteiger partial charge is 0.127 e. The van der Waals surface area contributed by atoms with Crippen LogP contribution >= 0.6 is 0 Å². The van der Waals surface area contributed by atoms with Crippen molar-refractivity contribution in [2.45, 2.75) is 25.9 Å². The van der Waals surface area contributed by atoms with Crippen LogP contribution in [-0.2, 0) is 9.78 Å². The quantitative estimate of drug-likeness (QED) is 0.462. The van der Waals surface area contributed by atoms with E-state index in [4.69, 9.17) is 4.89 Å². The summed E-state index contributed by atoms with van der Waals surface area (Å²) >= 11 is 0. The van der Waals surface area contributed by atoms with E-state index < -0.39 is 0 Å². The van der Waals surface area contributed by atoms with Crippen molar-refractivity contribution >= 4 is 0 Å². The van der Waals surface area contributed by atoms with Crippen molar-refractivity contribution in [2.24, 2.45) is 0 Å². The minimum absolute atomic E-state index is 0.0417. The van der Waals surface area contributed by atoms with Crippen LogP contribution in [0.5, 0.6) is 0 Å². The highest BCUT2D eigenvalue weighted by atomic mass is 17.2. The first kappa shape index (κ1) is 5.06. The predicted molar refractivity (Wildman–Crippen MR) is 25.7 cm³/mol. The van der Waals surface area contributed by atoms with Crippen LogP contribution < -0.4 is 0 Å². The summed E-state index contributed by atoms with van der Waals surface area (Å²) in [4.78, 5) is 9.30. The van der Waals surface area contributed by atoms with Gasteiger partial charge >= 0.3 is 0 Å². The molecule has 0 amide bonds. The average Bonchev–Trinajstić information content (AvgIpc) is 1.61. The van der Waals surface area contributed by atoms with E-state index in [0.717, 1.165) is 13.0 Å². The highest BCUT2D eigenvalue weighted by Crippen LogP contribution is 2.23. The van der Waals surface area contributed by atoms with Crippen molar-refractivity contribution in [2.75, 3.05) is 6.61 Å². The molecule has 0 spiro atoms. The second-order valence-corrected chi connectivity index (χ2v) is 2.15. The van der Waals surface area contributed by atoms with Gasteiger partial charge in [0.25, 0.3) is 0 Å². The molecule has 1 atom stereocenters. The standard InChI is InChI=1S/C5H10O2/c1-3-5(2)4-6-7-5/h3-4H2,1-2H3. The molecular weight excluding hydrogens is 92.1 g/mol. The first-order valence-corrected chi connectivity index (χ1v) is 2.57. The van der Waals surface area contributed by atoms with Crippen molar-refractivity contribution < 1.29 is 9.78 Å². The van der Waals surface area contributed by atoms with E-state index in [9.17, 15) is 0 Å². The predicted octanol–water partition coefficient (Wildman–Crippen LogP) is 1.12. The molecule has 1 heterocycles. The summed E-state index contributed by atoms with van der Waals surface area (Å²) in [5, 5.41) is 0. The van der Waals surface area contributed by atoms with E-state index in [1.54, 1.807) is 0 Å². The molecule has 1 saturated heterocycles. The second kappa shape index (κ2) is 1.46. The molecule has 2 heteroatoms. The summed E-state index contributed by atoms with van der Waals surface area (Å²) in [7, 11) is 0. The van der Waals surface area contributed by atoms with Gasteiger partial charge in [0.15, 0.2) is 0 Å². The summed E-state index contributed by atoms with van der Waals surface area (Å²) < 4.78 is 0. The third-order valence-corrected chi connectivity index (χ3v) is 1.37. The van der Waals surface area contributed by atoms with Crippen LogP contribution in [-0.4, -0.2) is 12.2 Å². The lowest BCUT2D eigenvalue weighted by atomic mass is 10.0. The molecular formula is C5H10O2. The van der Waals surface area contributed by atoms with Gasteiger partial charge in [0.2, 0.25) is 0 Å². The summed E-state index contributed by atoms with van der Waals surface area (Å²) in [5.74, 6) is 0. The third kappa shape index (κ3) is 0.763. The van der Waals surface area contributed by atoms with E-state index in [-0.39, 0.29) is 5.60 Å². The molecule has 2 nitrogen and oxygen atoms in total. The van der Waals surface area contributed by atoms with Gasteiger partial charge in [-0.05, 0) is 13.3 Å². The molecule has 0 aliphatic carbocycles. The zero-order chi connectivity index (χ0) is 5.33. The SMILES string of the molecule is CCC1(C)COO1. The maximum absolute atomic E-state index is 4.77. The van der Waals surface area contributed by atoms with Crippen LogP contribution in [0.4, 0.5) is 0 Å². The lowest BCUT2D eigenvalue weighted by Gasteiger charge is -2.34. The molecule has 0 radical (unpaired) electrons. The van der Waals surface area contributed by atoms with Gasteiger partial charge in [-0.1, -0.05) is 6.92 Å². The Morgan fingerprint density at radius 1 is 1.71 bits per heavy atom. The fourth-order valence-electron chi connectivity index (χ4n) is 0.421. The van der Waals surface area contributed by atoms with Gasteiger partial charge in [-0.25, -0.2) is 9.78 Å². The van der Waals surface area contributed by atoms with E-state index in [0.29, 0.717) is 0 Å².